The van der Waals surface area contributed by atoms with Crippen molar-refractivity contribution in [2.75, 3.05) is 14.2 Å². The summed E-state index contributed by atoms with van der Waals surface area (Å²) < 4.78 is 11.3. The Bertz CT molecular complexity index is 984. The lowest BCUT2D eigenvalue weighted by atomic mass is 10.1. The molecule has 3 rings (SSSR count). The summed E-state index contributed by atoms with van der Waals surface area (Å²) >= 11 is 4.94. The van der Waals surface area contributed by atoms with Crippen molar-refractivity contribution in [3.05, 3.63) is 64.7 Å². The molecule has 2 aromatic carbocycles. The number of methoxy groups -OCH3 is 1. The first kappa shape index (κ1) is 19.6. The Morgan fingerprint density at radius 2 is 1.93 bits per heavy atom. The van der Waals surface area contributed by atoms with Crippen molar-refractivity contribution < 1.29 is 19.1 Å². The molecule has 0 saturated carbocycles. The molecule has 0 aliphatic carbocycles. The van der Waals surface area contributed by atoms with Crippen LogP contribution in [-0.2, 0) is 16.2 Å². The minimum atomic E-state index is -0.521. The number of carbonyl (C=O) groups is 2. The molecule has 1 aliphatic rings. The van der Waals surface area contributed by atoms with Crippen molar-refractivity contribution in [1.29, 1.82) is 0 Å². The minimum absolute atomic E-state index is 0.00609. The number of nitrogens with zero attached hydrogens (tertiary/aromatic N) is 1. The highest BCUT2D eigenvalue weighted by Crippen LogP contribution is 2.30. The van der Waals surface area contributed by atoms with Gasteiger partial charge in [-0.3, -0.25) is 19.8 Å². The quantitative estimate of drug-likeness (QED) is 0.478. The molecule has 1 saturated heterocycles. The Morgan fingerprint density at radius 3 is 2.64 bits per heavy atom. The number of nitrogens with one attached hydrogen (secondary N) is 1. The number of thiocarbonyl (C=S) groups is 1. The minimum Gasteiger partial charge on any atom is -0.493 e. The van der Waals surface area contributed by atoms with E-state index in [9.17, 15) is 9.59 Å². The first-order chi connectivity index (χ1) is 13.4. The van der Waals surface area contributed by atoms with Crippen LogP contribution in [0, 0.1) is 6.92 Å². The number of rotatable bonds is 5. The van der Waals surface area contributed by atoms with E-state index >= 15 is 0 Å². The third kappa shape index (κ3) is 4.20. The van der Waals surface area contributed by atoms with Gasteiger partial charge in [-0.15, -0.1) is 0 Å². The Hall–Kier alpha value is -3.19. The van der Waals surface area contributed by atoms with E-state index in [2.05, 4.69) is 11.4 Å². The normalized spacial score (nSPS) is 15.6. The van der Waals surface area contributed by atoms with E-state index in [4.69, 9.17) is 21.7 Å². The lowest BCUT2D eigenvalue weighted by Gasteiger charge is -2.25. The zero-order chi connectivity index (χ0) is 20.3. The van der Waals surface area contributed by atoms with Gasteiger partial charge >= 0.3 is 0 Å². The van der Waals surface area contributed by atoms with Crippen LogP contribution in [0.2, 0.25) is 0 Å². The zero-order valence-electron chi connectivity index (χ0n) is 15.8. The molecular weight excluding hydrogens is 376 g/mol. The fraction of sp³-hybridized carbons (Fsp3) is 0.190. The topological polar surface area (TPSA) is 67.9 Å². The maximum absolute atomic E-state index is 12.3. The van der Waals surface area contributed by atoms with E-state index in [1.807, 2.05) is 25.1 Å². The molecule has 0 aromatic heterocycles. The second kappa shape index (κ2) is 8.22. The predicted octanol–water partition coefficient (Wildman–Crippen LogP) is 2.84. The van der Waals surface area contributed by atoms with Crippen LogP contribution in [0.5, 0.6) is 11.5 Å². The summed E-state index contributed by atoms with van der Waals surface area (Å²) in [6.45, 7) is 2.43. The number of benzene rings is 2. The summed E-state index contributed by atoms with van der Waals surface area (Å²) in [6.07, 6.45) is 1.50. The Balaban J connectivity index is 1.82. The van der Waals surface area contributed by atoms with Gasteiger partial charge in [0.05, 0.1) is 7.11 Å². The molecule has 0 unspecified atom stereocenters. The summed E-state index contributed by atoms with van der Waals surface area (Å²) in [5.74, 6) is 0.109. The Morgan fingerprint density at radius 1 is 1.14 bits per heavy atom. The van der Waals surface area contributed by atoms with Gasteiger partial charge in [0.15, 0.2) is 16.6 Å². The average Bonchev–Trinajstić information content (AvgIpc) is 2.68. The Labute approximate surface area is 168 Å². The summed E-state index contributed by atoms with van der Waals surface area (Å²) in [7, 11) is 3.05. The molecule has 2 aromatic rings. The molecule has 0 atom stereocenters. The third-order valence-electron chi connectivity index (χ3n) is 4.28. The van der Waals surface area contributed by atoms with E-state index in [0.29, 0.717) is 23.7 Å². The van der Waals surface area contributed by atoms with E-state index in [1.54, 1.807) is 18.2 Å². The first-order valence-electron chi connectivity index (χ1n) is 8.60. The zero-order valence-corrected chi connectivity index (χ0v) is 16.6. The molecule has 28 heavy (non-hydrogen) atoms. The fourth-order valence-corrected chi connectivity index (χ4v) is 2.94. The van der Waals surface area contributed by atoms with Crippen LogP contribution in [-0.4, -0.2) is 36.0 Å². The van der Waals surface area contributed by atoms with E-state index < -0.39 is 11.8 Å². The number of hydrogen-bond donors (Lipinski definition) is 1. The van der Waals surface area contributed by atoms with Crippen LogP contribution in [0.3, 0.4) is 0 Å². The van der Waals surface area contributed by atoms with Gasteiger partial charge in [0.25, 0.3) is 11.8 Å². The SMILES string of the molecule is COc1cc(/C=C2\C(=O)NC(=S)N(C)C2=O)ccc1OCc1cccc(C)c1. The van der Waals surface area contributed by atoms with Crippen LogP contribution in [0.15, 0.2) is 48.0 Å². The molecule has 7 heteroatoms. The summed E-state index contributed by atoms with van der Waals surface area (Å²) in [5.41, 5.74) is 2.86. The average molecular weight is 396 g/mol. The van der Waals surface area contributed by atoms with Crippen LogP contribution in [0.4, 0.5) is 0 Å². The molecule has 1 fully saturated rings. The number of carbonyl (C=O) groups excluding carboxylic acids is 2. The van der Waals surface area contributed by atoms with Gasteiger partial charge in [-0.25, -0.2) is 0 Å². The van der Waals surface area contributed by atoms with Crippen molar-refractivity contribution in [2.45, 2.75) is 13.5 Å². The highest BCUT2D eigenvalue weighted by Gasteiger charge is 2.30. The molecule has 1 aliphatic heterocycles. The monoisotopic (exact) mass is 396 g/mol. The van der Waals surface area contributed by atoms with Gasteiger partial charge < -0.3 is 9.47 Å². The van der Waals surface area contributed by atoms with Gasteiger partial charge in [-0.1, -0.05) is 35.9 Å². The van der Waals surface area contributed by atoms with Gasteiger partial charge in [0.1, 0.15) is 12.2 Å². The molecule has 6 nitrogen and oxygen atoms in total. The Kier molecular flexibility index (Phi) is 5.75. The largest absolute Gasteiger partial charge is 0.493 e. The lowest BCUT2D eigenvalue weighted by molar-refractivity contribution is -0.128. The van der Waals surface area contributed by atoms with Crippen LogP contribution >= 0.6 is 12.2 Å². The molecule has 0 bridgehead atoms. The smallest absolute Gasteiger partial charge is 0.265 e. The van der Waals surface area contributed by atoms with Gasteiger partial charge in [0, 0.05) is 7.05 Å². The van der Waals surface area contributed by atoms with Crippen molar-refractivity contribution in [3.63, 3.8) is 0 Å². The maximum Gasteiger partial charge on any atom is 0.265 e. The van der Waals surface area contributed by atoms with Crippen LogP contribution in [0.1, 0.15) is 16.7 Å². The number of ether oxygens (including phenoxy) is 2. The molecule has 0 radical (unpaired) electrons. The molecule has 1 N–H and O–H groups in total. The van der Waals surface area contributed by atoms with E-state index in [1.165, 1.54) is 25.1 Å². The van der Waals surface area contributed by atoms with E-state index in [0.717, 1.165) is 11.1 Å². The highest BCUT2D eigenvalue weighted by molar-refractivity contribution is 7.80. The summed E-state index contributed by atoms with van der Waals surface area (Å²) in [5, 5.41) is 2.57. The predicted molar refractivity (Wildman–Crippen MR) is 110 cm³/mol. The number of amides is 2. The highest BCUT2D eigenvalue weighted by atomic mass is 32.1. The van der Waals surface area contributed by atoms with Crippen LogP contribution < -0.4 is 14.8 Å². The maximum atomic E-state index is 12.3. The van der Waals surface area contributed by atoms with Crippen molar-refractivity contribution >= 4 is 35.2 Å². The lowest BCUT2D eigenvalue weighted by Crippen LogP contribution is -2.52. The molecule has 0 spiro atoms. The summed E-state index contributed by atoms with van der Waals surface area (Å²) in [6, 6.07) is 13.3. The third-order valence-corrected chi connectivity index (χ3v) is 4.66. The second-order valence-corrected chi connectivity index (χ2v) is 6.76. The van der Waals surface area contributed by atoms with Crippen molar-refractivity contribution in [2.24, 2.45) is 0 Å². The number of likely N-dealkylation sites (N-methyl/N-ethyl adjacent to an activating group) is 1. The van der Waals surface area contributed by atoms with Crippen molar-refractivity contribution in [3.8, 4) is 11.5 Å². The van der Waals surface area contributed by atoms with Gasteiger partial charge in [-0.2, -0.15) is 0 Å². The van der Waals surface area contributed by atoms with Gasteiger partial charge in [0.2, 0.25) is 0 Å². The van der Waals surface area contributed by atoms with Crippen LogP contribution in [0.25, 0.3) is 6.08 Å². The fourth-order valence-electron chi connectivity index (χ4n) is 2.77. The van der Waals surface area contributed by atoms with Crippen molar-refractivity contribution in [1.82, 2.24) is 10.2 Å². The van der Waals surface area contributed by atoms with E-state index in [-0.39, 0.29) is 10.7 Å². The standard InChI is InChI=1S/C21H20N2O4S/c1-13-5-4-6-15(9-13)12-27-17-8-7-14(11-18(17)26-3)10-16-19(24)22-21(28)23(2)20(16)25/h4-11H,12H2,1-3H3,(H,22,24,28)/b16-10+. The molecule has 2 amide bonds. The first-order valence-corrected chi connectivity index (χ1v) is 9.01. The number of aryl methyl sites for hydroxylation is 1. The summed E-state index contributed by atoms with van der Waals surface area (Å²) in [4.78, 5) is 25.6. The number of hydrogen-bond acceptors (Lipinski definition) is 5. The molecule has 144 valence electrons. The molecule has 1 heterocycles. The second-order valence-electron chi connectivity index (χ2n) is 6.37. The molecular formula is C21H20N2O4S. The van der Waals surface area contributed by atoms with Gasteiger partial charge in [-0.05, 0) is 48.5 Å².